The predicted octanol–water partition coefficient (Wildman–Crippen LogP) is 2.80. The second kappa shape index (κ2) is 7.18. The van der Waals surface area contributed by atoms with Crippen LogP contribution >= 0.6 is 0 Å². The number of benzene rings is 1. The number of nitrogens with one attached hydrogen (secondary N) is 1. The Labute approximate surface area is 131 Å². The van der Waals surface area contributed by atoms with Gasteiger partial charge in [0.15, 0.2) is 0 Å². The zero-order valence-corrected chi connectivity index (χ0v) is 13.2. The Morgan fingerprint density at radius 3 is 2.50 bits per heavy atom. The Bertz CT molecular complexity index is 636. The smallest absolute Gasteiger partial charge is 0.252 e. The number of nitrogens with zero attached hydrogens (tertiary/aromatic N) is 1. The molecule has 0 spiro atoms. The molecule has 0 aliphatic heterocycles. The summed E-state index contributed by atoms with van der Waals surface area (Å²) in [6.45, 7) is 6.10. The molecule has 1 heterocycles. The van der Waals surface area contributed by atoms with Crippen molar-refractivity contribution in [2.24, 2.45) is 5.92 Å². The van der Waals surface area contributed by atoms with Crippen LogP contribution in [0.5, 0.6) is 0 Å². The highest BCUT2D eigenvalue weighted by Crippen LogP contribution is 2.19. The fourth-order valence-electron chi connectivity index (χ4n) is 2.00. The van der Waals surface area contributed by atoms with Crippen LogP contribution in [0.4, 0.5) is 0 Å². The predicted molar refractivity (Wildman–Crippen MR) is 87.6 cm³/mol. The van der Waals surface area contributed by atoms with Crippen molar-refractivity contribution in [2.75, 3.05) is 6.54 Å². The number of rotatable bonds is 5. The van der Waals surface area contributed by atoms with Gasteiger partial charge in [-0.15, -0.1) is 0 Å². The molecule has 2 rings (SSSR count). The fraction of sp³-hybridized carbons (Fsp3) is 0.333. The molecule has 0 saturated heterocycles. The van der Waals surface area contributed by atoms with E-state index in [9.17, 15) is 9.90 Å². The van der Waals surface area contributed by atoms with Crippen LogP contribution in [0.2, 0.25) is 0 Å². The summed E-state index contributed by atoms with van der Waals surface area (Å²) in [6, 6.07) is 9.89. The van der Waals surface area contributed by atoms with Gasteiger partial charge in [-0.3, -0.25) is 9.78 Å². The Kier molecular flexibility index (Phi) is 5.28. The van der Waals surface area contributed by atoms with Crippen LogP contribution in [0.15, 0.2) is 42.7 Å². The van der Waals surface area contributed by atoms with Crippen LogP contribution < -0.4 is 5.32 Å². The molecular weight excluding hydrogens is 276 g/mol. The van der Waals surface area contributed by atoms with Crippen molar-refractivity contribution in [2.45, 2.75) is 26.9 Å². The molecule has 116 valence electrons. The number of carbonyl (C=O) groups excluding carboxylic acids is 1. The average Bonchev–Trinajstić information content (AvgIpc) is 2.53. The molecule has 0 radical (unpaired) electrons. The Morgan fingerprint density at radius 1 is 1.18 bits per heavy atom. The van der Waals surface area contributed by atoms with E-state index in [-0.39, 0.29) is 18.4 Å². The van der Waals surface area contributed by atoms with Crippen molar-refractivity contribution in [1.29, 1.82) is 0 Å². The summed E-state index contributed by atoms with van der Waals surface area (Å²) in [5.41, 5.74) is 3.61. The van der Waals surface area contributed by atoms with Gasteiger partial charge in [-0.2, -0.15) is 0 Å². The number of aliphatic hydroxyl groups is 1. The quantitative estimate of drug-likeness (QED) is 0.892. The third kappa shape index (κ3) is 4.15. The number of hydrogen-bond acceptors (Lipinski definition) is 3. The van der Waals surface area contributed by atoms with Gasteiger partial charge in [0.25, 0.3) is 5.91 Å². The molecule has 0 fully saturated rings. The Morgan fingerprint density at radius 2 is 1.86 bits per heavy atom. The van der Waals surface area contributed by atoms with Gasteiger partial charge in [-0.25, -0.2) is 0 Å². The van der Waals surface area contributed by atoms with Gasteiger partial charge < -0.3 is 10.4 Å². The molecular formula is C18H22N2O2. The van der Waals surface area contributed by atoms with Crippen molar-refractivity contribution in [3.05, 3.63) is 53.9 Å². The molecule has 0 bridgehead atoms. The van der Waals surface area contributed by atoms with Crippen LogP contribution in [0, 0.1) is 12.8 Å². The second-order valence-corrected chi connectivity index (χ2v) is 5.85. The minimum atomic E-state index is -0.544. The van der Waals surface area contributed by atoms with E-state index >= 15 is 0 Å². The molecule has 1 aromatic carbocycles. The standard InChI is InChI=1S/C18H22N2O2/c1-12(2)17(21)11-20-18(22)16-8-15(9-19-10-16)14-6-4-13(3)5-7-14/h4-10,12,17,21H,11H2,1-3H3,(H,20,22). The van der Waals surface area contributed by atoms with Crippen LogP contribution in [0.25, 0.3) is 11.1 Å². The number of amides is 1. The lowest BCUT2D eigenvalue weighted by molar-refractivity contribution is 0.0871. The summed E-state index contributed by atoms with van der Waals surface area (Å²) in [5, 5.41) is 12.5. The van der Waals surface area contributed by atoms with E-state index in [1.54, 1.807) is 6.20 Å². The van der Waals surface area contributed by atoms with Gasteiger partial charge in [0.05, 0.1) is 11.7 Å². The van der Waals surface area contributed by atoms with E-state index in [4.69, 9.17) is 0 Å². The van der Waals surface area contributed by atoms with Crippen molar-refractivity contribution in [1.82, 2.24) is 10.3 Å². The lowest BCUT2D eigenvalue weighted by Crippen LogP contribution is -2.34. The highest BCUT2D eigenvalue weighted by Gasteiger charge is 2.12. The van der Waals surface area contributed by atoms with Crippen molar-refractivity contribution in [3.63, 3.8) is 0 Å². The first-order valence-electron chi connectivity index (χ1n) is 7.45. The van der Waals surface area contributed by atoms with Crippen molar-refractivity contribution in [3.8, 4) is 11.1 Å². The SMILES string of the molecule is Cc1ccc(-c2cncc(C(=O)NCC(O)C(C)C)c2)cc1. The fourth-order valence-corrected chi connectivity index (χ4v) is 2.00. The summed E-state index contributed by atoms with van der Waals surface area (Å²) in [6.07, 6.45) is 2.73. The molecule has 4 nitrogen and oxygen atoms in total. The number of aliphatic hydroxyl groups excluding tert-OH is 1. The van der Waals surface area contributed by atoms with Crippen LogP contribution in [-0.2, 0) is 0 Å². The molecule has 2 N–H and O–H groups in total. The van der Waals surface area contributed by atoms with Crippen molar-refractivity contribution < 1.29 is 9.90 Å². The van der Waals surface area contributed by atoms with Gasteiger partial charge in [-0.1, -0.05) is 43.7 Å². The van der Waals surface area contributed by atoms with E-state index < -0.39 is 6.10 Å². The third-order valence-corrected chi connectivity index (χ3v) is 3.63. The number of pyridine rings is 1. The van der Waals surface area contributed by atoms with Crippen LogP contribution in [0.1, 0.15) is 29.8 Å². The molecule has 1 unspecified atom stereocenters. The molecule has 2 aromatic rings. The zero-order valence-electron chi connectivity index (χ0n) is 13.2. The molecule has 22 heavy (non-hydrogen) atoms. The average molecular weight is 298 g/mol. The van der Waals surface area contributed by atoms with Gasteiger partial charge >= 0.3 is 0 Å². The molecule has 1 aromatic heterocycles. The maximum Gasteiger partial charge on any atom is 0.252 e. The van der Waals surface area contributed by atoms with Crippen LogP contribution in [0.3, 0.4) is 0 Å². The molecule has 1 atom stereocenters. The van der Waals surface area contributed by atoms with E-state index in [0.717, 1.165) is 11.1 Å². The largest absolute Gasteiger partial charge is 0.391 e. The molecule has 1 amide bonds. The minimum Gasteiger partial charge on any atom is -0.391 e. The first-order valence-corrected chi connectivity index (χ1v) is 7.45. The van der Waals surface area contributed by atoms with Gasteiger partial charge in [0.2, 0.25) is 0 Å². The van der Waals surface area contributed by atoms with Crippen molar-refractivity contribution >= 4 is 5.91 Å². The summed E-state index contributed by atoms with van der Waals surface area (Å²) < 4.78 is 0. The van der Waals surface area contributed by atoms with E-state index in [1.165, 1.54) is 11.8 Å². The van der Waals surface area contributed by atoms with E-state index in [2.05, 4.69) is 10.3 Å². The van der Waals surface area contributed by atoms with Gasteiger partial charge in [-0.05, 0) is 24.5 Å². The molecule has 0 saturated carbocycles. The molecule has 0 aliphatic rings. The number of hydrogen-bond donors (Lipinski definition) is 2. The maximum absolute atomic E-state index is 12.1. The first-order chi connectivity index (χ1) is 10.5. The zero-order chi connectivity index (χ0) is 16.1. The number of aromatic nitrogens is 1. The molecule has 0 aliphatic carbocycles. The Hall–Kier alpha value is -2.20. The maximum atomic E-state index is 12.1. The first kappa shape index (κ1) is 16.2. The summed E-state index contributed by atoms with van der Waals surface area (Å²) >= 11 is 0. The van der Waals surface area contributed by atoms with Crippen LogP contribution in [-0.4, -0.2) is 28.6 Å². The van der Waals surface area contributed by atoms with E-state index in [0.29, 0.717) is 5.56 Å². The third-order valence-electron chi connectivity index (χ3n) is 3.63. The monoisotopic (exact) mass is 298 g/mol. The van der Waals surface area contributed by atoms with Gasteiger partial charge in [0, 0.05) is 24.5 Å². The van der Waals surface area contributed by atoms with E-state index in [1.807, 2.05) is 51.1 Å². The highest BCUT2D eigenvalue weighted by molar-refractivity contribution is 5.95. The summed E-state index contributed by atoms with van der Waals surface area (Å²) in [5.74, 6) is -0.113. The Balaban J connectivity index is 2.11. The topological polar surface area (TPSA) is 62.2 Å². The summed E-state index contributed by atoms with van der Waals surface area (Å²) in [4.78, 5) is 16.3. The highest BCUT2D eigenvalue weighted by atomic mass is 16.3. The molecule has 4 heteroatoms. The number of aryl methyl sites for hydroxylation is 1. The number of carbonyl (C=O) groups is 1. The normalized spacial score (nSPS) is 12.2. The second-order valence-electron chi connectivity index (χ2n) is 5.85. The lowest BCUT2D eigenvalue weighted by atomic mass is 10.0. The summed E-state index contributed by atoms with van der Waals surface area (Å²) in [7, 11) is 0. The minimum absolute atomic E-state index is 0.109. The lowest BCUT2D eigenvalue weighted by Gasteiger charge is -2.15. The van der Waals surface area contributed by atoms with Gasteiger partial charge in [0.1, 0.15) is 0 Å².